The molecule has 0 radical (unpaired) electrons. The number of nitrogens with one attached hydrogen (secondary N) is 4. The van der Waals surface area contributed by atoms with Gasteiger partial charge in [0.25, 0.3) is 5.91 Å². The van der Waals surface area contributed by atoms with Gasteiger partial charge in [0.1, 0.15) is 0 Å². The van der Waals surface area contributed by atoms with Crippen molar-refractivity contribution in [3.8, 4) is 0 Å². The number of rotatable bonds is 8. The van der Waals surface area contributed by atoms with Crippen molar-refractivity contribution in [3.63, 3.8) is 0 Å². The lowest BCUT2D eigenvalue weighted by atomic mass is 10.1. The standard InChI is InChI=1S/C25H30ClF3N6O3/c1-14(2)32-24(38)34-21-6-4-16(25(27,28)29)10-18(21)23(37)31-11-22(36)33-17-7-8-35(13-17)12-15-3-5-19(26)20(30)9-15/h3-6,9-10,14,17H,7-8,11-13,30H2,1-2H3,(H,31,37)(H,33,36)(H2,32,34,38)/t17-/m1/s1. The van der Waals surface area contributed by atoms with Crippen molar-refractivity contribution < 1.29 is 27.6 Å². The number of carbonyl (C=O) groups is 3. The zero-order valence-corrected chi connectivity index (χ0v) is 21.7. The third-order valence-corrected chi connectivity index (χ3v) is 6.12. The second kappa shape index (κ2) is 12.4. The Labute approximate surface area is 223 Å². The largest absolute Gasteiger partial charge is 0.416 e. The minimum Gasteiger partial charge on any atom is -0.398 e. The molecular weight excluding hydrogens is 525 g/mol. The predicted molar refractivity (Wildman–Crippen MR) is 139 cm³/mol. The maximum Gasteiger partial charge on any atom is 0.416 e. The van der Waals surface area contributed by atoms with Crippen LogP contribution in [0.15, 0.2) is 36.4 Å². The molecule has 38 heavy (non-hydrogen) atoms. The second-order valence-corrected chi connectivity index (χ2v) is 9.75. The molecule has 1 fully saturated rings. The summed E-state index contributed by atoms with van der Waals surface area (Å²) < 4.78 is 39.7. The molecule has 4 amide bonds. The Kier molecular flexibility index (Phi) is 9.45. The van der Waals surface area contributed by atoms with Crippen molar-refractivity contribution in [3.05, 3.63) is 58.1 Å². The number of anilines is 2. The minimum absolute atomic E-state index is 0.122. The molecule has 1 atom stereocenters. The number of carbonyl (C=O) groups excluding carboxylic acids is 3. The van der Waals surface area contributed by atoms with Crippen LogP contribution in [0.5, 0.6) is 0 Å². The molecule has 0 aromatic heterocycles. The number of halogens is 4. The Morgan fingerprint density at radius 1 is 1.16 bits per heavy atom. The van der Waals surface area contributed by atoms with Crippen LogP contribution in [0.2, 0.25) is 5.02 Å². The molecular formula is C25H30ClF3N6O3. The summed E-state index contributed by atoms with van der Waals surface area (Å²) in [7, 11) is 0. The Morgan fingerprint density at radius 3 is 2.55 bits per heavy atom. The first-order chi connectivity index (χ1) is 17.8. The minimum atomic E-state index is -4.70. The Bertz CT molecular complexity index is 1190. The molecule has 0 aliphatic carbocycles. The lowest BCUT2D eigenvalue weighted by molar-refractivity contribution is -0.137. The van der Waals surface area contributed by atoms with E-state index in [1.54, 1.807) is 26.0 Å². The number of urea groups is 1. The molecule has 2 aromatic rings. The number of amides is 4. The van der Waals surface area contributed by atoms with Gasteiger partial charge in [0.2, 0.25) is 5.91 Å². The van der Waals surface area contributed by atoms with Crippen LogP contribution in [0.25, 0.3) is 0 Å². The summed E-state index contributed by atoms with van der Waals surface area (Å²) in [6.45, 7) is 4.90. The van der Waals surface area contributed by atoms with Gasteiger partial charge in [0.15, 0.2) is 0 Å². The highest BCUT2D eigenvalue weighted by Crippen LogP contribution is 2.32. The third kappa shape index (κ3) is 8.25. The first-order valence-electron chi connectivity index (χ1n) is 11.9. The van der Waals surface area contributed by atoms with Crippen LogP contribution in [0, 0.1) is 0 Å². The average Bonchev–Trinajstić information content (AvgIpc) is 3.25. The van der Waals surface area contributed by atoms with E-state index in [0.717, 1.165) is 24.2 Å². The van der Waals surface area contributed by atoms with Crippen LogP contribution >= 0.6 is 11.6 Å². The van der Waals surface area contributed by atoms with Gasteiger partial charge in [0, 0.05) is 31.7 Å². The first-order valence-corrected chi connectivity index (χ1v) is 12.3. The molecule has 6 N–H and O–H groups in total. The van der Waals surface area contributed by atoms with Crippen LogP contribution in [-0.2, 0) is 17.5 Å². The van der Waals surface area contributed by atoms with Gasteiger partial charge in [-0.25, -0.2) is 4.79 Å². The average molecular weight is 555 g/mol. The zero-order chi connectivity index (χ0) is 28.0. The third-order valence-electron chi connectivity index (χ3n) is 5.77. The van der Waals surface area contributed by atoms with Gasteiger partial charge in [-0.3, -0.25) is 14.5 Å². The maximum atomic E-state index is 13.2. The van der Waals surface area contributed by atoms with Crippen LogP contribution < -0.4 is 27.0 Å². The lowest BCUT2D eigenvalue weighted by Crippen LogP contribution is -2.43. The number of nitrogens with two attached hydrogens (primary N) is 1. The fraction of sp³-hybridized carbons (Fsp3) is 0.400. The number of alkyl halides is 3. The van der Waals surface area contributed by atoms with Gasteiger partial charge in [0.05, 0.1) is 34.1 Å². The predicted octanol–water partition coefficient (Wildman–Crippen LogP) is 3.59. The monoisotopic (exact) mass is 554 g/mol. The van der Waals surface area contributed by atoms with E-state index in [0.29, 0.717) is 36.3 Å². The van der Waals surface area contributed by atoms with Gasteiger partial charge in [-0.2, -0.15) is 13.2 Å². The van der Waals surface area contributed by atoms with E-state index >= 15 is 0 Å². The molecule has 3 rings (SSSR count). The van der Waals surface area contributed by atoms with Gasteiger partial charge in [-0.15, -0.1) is 0 Å². The van der Waals surface area contributed by atoms with Crippen molar-refractivity contribution in [2.75, 3.05) is 30.7 Å². The number of nitrogen functional groups attached to an aromatic ring is 1. The summed E-state index contributed by atoms with van der Waals surface area (Å²) >= 11 is 5.96. The van der Waals surface area contributed by atoms with Gasteiger partial charge in [-0.1, -0.05) is 17.7 Å². The molecule has 1 aliphatic rings. The van der Waals surface area contributed by atoms with Gasteiger partial charge >= 0.3 is 12.2 Å². The van der Waals surface area contributed by atoms with Crippen molar-refractivity contribution in [1.29, 1.82) is 0 Å². The number of benzene rings is 2. The summed E-state index contributed by atoms with van der Waals surface area (Å²) in [5, 5.41) is 10.6. The molecule has 0 bridgehead atoms. The molecule has 1 aliphatic heterocycles. The fourth-order valence-electron chi connectivity index (χ4n) is 4.02. The van der Waals surface area contributed by atoms with E-state index in [2.05, 4.69) is 26.2 Å². The first kappa shape index (κ1) is 29.1. The van der Waals surface area contributed by atoms with Gasteiger partial charge < -0.3 is 27.0 Å². The molecule has 0 spiro atoms. The van der Waals surface area contributed by atoms with Crippen molar-refractivity contribution in [2.24, 2.45) is 0 Å². The van der Waals surface area contributed by atoms with E-state index in [9.17, 15) is 27.6 Å². The Balaban J connectivity index is 1.57. The normalized spacial score (nSPS) is 15.8. The topological polar surface area (TPSA) is 129 Å². The molecule has 1 heterocycles. The van der Waals surface area contributed by atoms with Crippen molar-refractivity contribution in [2.45, 2.75) is 45.1 Å². The molecule has 9 nitrogen and oxygen atoms in total. The number of hydrogen-bond donors (Lipinski definition) is 5. The van der Waals surface area contributed by atoms with Crippen molar-refractivity contribution >= 4 is 40.8 Å². The van der Waals surface area contributed by atoms with Crippen LogP contribution in [0.4, 0.5) is 29.3 Å². The molecule has 1 saturated heterocycles. The maximum absolute atomic E-state index is 13.2. The second-order valence-electron chi connectivity index (χ2n) is 9.34. The molecule has 0 saturated carbocycles. The van der Waals surface area contributed by atoms with Crippen molar-refractivity contribution in [1.82, 2.24) is 20.9 Å². The summed E-state index contributed by atoms with van der Waals surface area (Å²) in [6.07, 6.45) is -4.01. The SMILES string of the molecule is CC(C)NC(=O)Nc1ccc(C(F)(F)F)cc1C(=O)NCC(=O)N[C@@H]1CCN(Cc2ccc(Cl)c(N)c2)C1. The summed E-state index contributed by atoms with van der Waals surface area (Å²) in [5.74, 6) is -1.42. The highest BCUT2D eigenvalue weighted by Gasteiger charge is 2.32. The summed E-state index contributed by atoms with van der Waals surface area (Å²) in [5.41, 5.74) is 5.72. The zero-order valence-electron chi connectivity index (χ0n) is 20.9. The lowest BCUT2D eigenvalue weighted by Gasteiger charge is -2.18. The van der Waals surface area contributed by atoms with Crippen LogP contribution in [0.3, 0.4) is 0 Å². The smallest absolute Gasteiger partial charge is 0.398 e. The van der Waals surface area contributed by atoms with Crippen LogP contribution in [-0.4, -0.2) is 54.5 Å². The Hall–Kier alpha value is -3.51. The number of hydrogen-bond acceptors (Lipinski definition) is 5. The van der Waals surface area contributed by atoms with E-state index < -0.39 is 41.7 Å². The molecule has 2 aromatic carbocycles. The molecule has 13 heteroatoms. The van der Waals surface area contributed by atoms with Gasteiger partial charge in [-0.05, 0) is 56.2 Å². The Morgan fingerprint density at radius 2 is 1.89 bits per heavy atom. The number of likely N-dealkylation sites (tertiary alicyclic amines) is 1. The number of nitrogens with zero attached hydrogens (tertiary/aromatic N) is 1. The van der Waals surface area contributed by atoms with E-state index in [1.165, 1.54) is 0 Å². The fourth-order valence-corrected chi connectivity index (χ4v) is 4.13. The van der Waals surface area contributed by atoms with E-state index in [1.807, 2.05) is 6.07 Å². The highest BCUT2D eigenvalue weighted by atomic mass is 35.5. The molecule has 206 valence electrons. The quantitative estimate of drug-likeness (QED) is 0.319. The summed E-state index contributed by atoms with van der Waals surface area (Å²) in [6, 6.07) is 6.73. The van der Waals surface area contributed by atoms with E-state index in [-0.39, 0.29) is 17.8 Å². The van der Waals surface area contributed by atoms with Crippen LogP contribution in [0.1, 0.15) is 41.8 Å². The highest BCUT2D eigenvalue weighted by molar-refractivity contribution is 6.33. The van der Waals surface area contributed by atoms with E-state index in [4.69, 9.17) is 17.3 Å². The molecule has 0 unspecified atom stereocenters. The summed E-state index contributed by atoms with van der Waals surface area (Å²) in [4.78, 5) is 39.4.